The molecular weight excluding hydrogens is 322 g/mol. The van der Waals surface area contributed by atoms with Gasteiger partial charge in [-0.25, -0.2) is 0 Å². The van der Waals surface area contributed by atoms with Crippen molar-refractivity contribution in [1.29, 1.82) is 0 Å². The second-order valence-corrected chi connectivity index (χ2v) is 5.94. The Labute approximate surface area is 127 Å². The number of rotatable bonds is 4. The van der Waals surface area contributed by atoms with Gasteiger partial charge in [-0.15, -0.1) is 0 Å². The van der Waals surface area contributed by atoms with Crippen LogP contribution in [0.25, 0.3) is 0 Å². The molecule has 1 heterocycles. The van der Waals surface area contributed by atoms with Crippen molar-refractivity contribution < 1.29 is 0 Å². The Morgan fingerprint density at radius 1 is 1.32 bits per heavy atom. The summed E-state index contributed by atoms with van der Waals surface area (Å²) in [7, 11) is 0. The molecule has 3 N–H and O–H groups in total. The van der Waals surface area contributed by atoms with Crippen molar-refractivity contribution in [2.75, 3.05) is 6.54 Å². The fourth-order valence-electron chi connectivity index (χ4n) is 1.96. The summed E-state index contributed by atoms with van der Waals surface area (Å²) in [6.45, 7) is 0.853. The molecular formula is C14H16BrN3S. The van der Waals surface area contributed by atoms with E-state index in [9.17, 15) is 0 Å². The largest absolute Gasteiger partial charge is 0.376 e. The molecule has 0 radical (unpaired) electrons. The van der Waals surface area contributed by atoms with Crippen LogP contribution in [0.15, 0.2) is 54.8 Å². The van der Waals surface area contributed by atoms with Crippen LogP contribution >= 0.6 is 28.1 Å². The molecule has 0 aliphatic carbocycles. The third-order valence-electron chi connectivity index (χ3n) is 2.89. The molecule has 0 saturated carbocycles. The molecule has 1 atom stereocenters. The van der Waals surface area contributed by atoms with Crippen LogP contribution in [0, 0.1) is 0 Å². The van der Waals surface area contributed by atoms with E-state index in [0.717, 1.165) is 13.0 Å². The predicted octanol–water partition coefficient (Wildman–Crippen LogP) is 2.50. The van der Waals surface area contributed by atoms with E-state index in [2.05, 4.69) is 50.4 Å². The van der Waals surface area contributed by atoms with Gasteiger partial charge in [-0.3, -0.25) is 0 Å². The normalized spacial score (nSPS) is 21.4. The van der Waals surface area contributed by atoms with Gasteiger partial charge in [-0.2, -0.15) is 0 Å². The zero-order valence-electron chi connectivity index (χ0n) is 10.4. The van der Waals surface area contributed by atoms with Crippen molar-refractivity contribution in [3.05, 3.63) is 60.3 Å². The van der Waals surface area contributed by atoms with E-state index in [0.29, 0.717) is 0 Å². The van der Waals surface area contributed by atoms with Crippen LogP contribution in [0.3, 0.4) is 0 Å². The summed E-state index contributed by atoms with van der Waals surface area (Å²) >= 11 is 8.58. The molecule has 3 nitrogen and oxygen atoms in total. The van der Waals surface area contributed by atoms with Gasteiger partial charge in [0.15, 0.2) is 9.68 Å². The van der Waals surface area contributed by atoms with Crippen molar-refractivity contribution in [2.24, 2.45) is 5.73 Å². The maximum absolute atomic E-state index is 5.58. The number of hydrogen-bond donors (Lipinski definition) is 2. The average Bonchev–Trinajstić information content (AvgIpc) is 2.38. The highest BCUT2D eigenvalue weighted by Crippen LogP contribution is 2.25. The number of alkyl halides is 1. The first kappa shape index (κ1) is 14.1. The van der Waals surface area contributed by atoms with Gasteiger partial charge in [0.25, 0.3) is 0 Å². The molecule has 0 aromatic heterocycles. The zero-order chi connectivity index (χ0) is 13.7. The minimum Gasteiger partial charge on any atom is -0.376 e. The Balaban J connectivity index is 2.03. The predicted molar refractivity (Wildman–Crippen MR) is 86.7 cm³/mol. The molecule has 19 heavy (non-hydrogen) atoms. The van der Waals surface area contributed by atoms with E-state index in [1.165, 1.54) is 5.56 Å². The molecule has 0 fully saturated rings. The Morgan fingerprint density at radius 3 is 2.74 bits per heavy atom. The highest BCUT2D eigenvalue weighted by molar-refractivity contribution is 9.10. The number of allylic oxidation sites excluding steroid dienone is 2. The summed E-state index contributed by atoms with van der Waals surface area (Å²) in [4.78, 5) is 2.12. The Morgan fingerprint density at radius 2 is 2.05 bits per heavy atom. The Kier molecular flexibility index (Phi) is 4.61. The smallest absolute Gasteiger partial charge is 0.189 e. The third kappa shape index (κ3) is 3.81. The van der Waals surface area contributed by atoms with E-state index in [1.54, 1.807) is 0 Å². The monoisotopic (exact) mass is 337 g/mol. The van der Waals surface area contributed by atoms with E-state index in [4.69, 9.17) is 18.0 Å². The molecule has 0 amide bonds. The van der Waals surface area contributed by atoms with E-state index >= 15 is 0 Å². The number of nitrogens with one attached hydrogen (secondary N) is 1. The summed E-state index contributed by atoms with van der Waals surface area (Å²) in [5, 5.41) is 3.32. The van der Waals surface area contributed by atoms with Gasteiger partial charge in [-0.1, -0.05) is 36.4 Å². The second-order valence-electron chi connectivity index (χ2n) is 4.29. The van der Waals surface area contributed by atoms with Crippen molar-refractivity contribution >= 4 is 33.3 Å². The minimum absolute atomic E-state index is 0.265. The quantitative estimate of drug-likeness (QED) is 0.503. The highest BCUT2D eigenvalue weighted by Gasteiger charge is 2.30. The zero-order valence-corrected chi connectivity index (χ0v) is 12.8. The molecule has 0 bridgehead atoms. The fraction of sp³-hybridized carbons (Fsp3) is 0.214. The van der Waals surface area contributed by atoms with Gasteiger partial charge in [0.2, 0.25) is 0 Å². The maximum Gasteiger partial charge on any atom is 0.189 e. The topological polar surface area (TPSA) is 41.3 Å². The van der Waals surface area contributed by atoms with Gasteiger partial charge in [0.05, 0.1) is 0 Å². The summed E-state index contributed by atoms with van der Waals surface area (Å²) < 4.78 is -0.539. The van der Waals surface area contributed by atoms with Crippen molar-refractivity contribution in [2.45, 2.75) is 11.0 Å². The first-order valence-corrected chi connectivity index (χ1v) is 7.23. The summed E-state index contributed by atoms with van der Waals surface area (Å²) in [5.74, 6) is 0. The van der Waals surface area contributed by atoms with Crippen LogP contribution in [-0.2, 0) is 6.42 Å². The maximum atomic E-state index is 5.58. The number of thiocarbonyl (C=S) groups is 1. The standard InChI is InChI=1S/C14H16BrN3S/c15-14(17-13(16)19)9-4-5-10-18(14)11-8-12-6-2-1-3-7-12/h1-7,9-10H,8,11H2,(H3,16,17,19). The number of nitrogens with two attached hydrogens (primary N) is 1. The van der Waals surface area contributed by atoms with Crippen LogP contribution in [0.1, 0.15) is 5.56 Å². The second kappa shape index (κ2) is 6.21. The van der Waals surface area contributed by atoms with Crippen LogP contribution in [0.4, 0.5) is 0 Å². The average molecular weight is 338 g/mol. The van der Waals surface area contributed by atoms with Crippen molar-refractivity contribution in [1.82, 2.24) is 10.2 Å². The molecule has 1 aromatic rings. The van der Waals surface area contributed by atoms with Gasteiger partial charge in [-0.05, 0) is 52.3 Å². The van der Waals surface area contributed by atoms with Crippen LogP contribution in [-0.4, -0.2) is 21.1 Å². The van der Waals surface area contributed by atoms with Crippen molar-refractivity contribution in [3.8, 4) is 0 Å². The van der Waals surface area contributed by atoms with Gasteiger partial charge >= 0.3 is 0 Å². The molecule has 100 valence electrons. The Hall–Kier alpha value is -1.33. The molecule has 0 spiro atoms. The summed E-state index contributed by atoms with van der Waals surface area (Å²) in [6, 6.07) is 10.4. The van der Waals surface area contributed by atoms with E-state index < -0.39 is 4.57 Å². The fourth-order valence-corrected chi connectivity index (χ4v) is 2.91. The summed E-state index contributed by atoms with van der Waals surface area (Å²) in [5.41, 5.74) is 6.89. The lowest BCUT2D eigenvalue weighted by Crippen LogP contribution is -2.55. The van der Waals surface area contributed by atoms with E-state index in [-0.39, 0.29) is 5.11 Å². The lowest BCUT2D eigenvalue weighted by Gasteiger charge is -2.39. The molecule has 1 aliphatic heterocycles. The molecule has 0 saturated heterocycles. The van der Waals surface area contributed by atoms with Gasteiger partial charge in [0.1, 0.15) is 0 Å². The lowest BCUT2D eigenvalue weighted by atomic mass is 10.1. The number of halogens is 1. The molecule has 2 rings (SSSR count). The molecule has 1 aromatic carbocycles. The number of nitrogens with zero attached hydrogens (tertiary/aromatic N) is 1. The molecule has 1 unspecified atom stereocenters. The number of benzene rings is 1. The lowest BCUT2D eigenvalue weighted by molar-refractivity contribution is 0.278. The van der Waals surface area contributed by atoms with Gasteiger partial charge in [0, 0.05) is 12.7 Å². The Bertz CT molecular complexity index is 501. The first-order valence-electron chi connectivity index (χ1n) is 6.03. The van der Waals surface area contributed by atoms with Gasteiger partial charge < -0.3 is 16.0 Å². The first-order chi connectivity index (χ1) is 9.10. The summed E-state index contributed by atoms with van der Waals surface area (Å²) in [6.07, 6.45) is 8.90. The van der Waals surface area contributed by atoms with Crippen LogP contribution in [0.2, 0.25) is 0 Å². The molecule has 5 heteroatoms. The minimum atomic E-state index is -0.539. The third-order valence-corrected chi connectivity index (χ3v) is 3.92. The number of hydrogen-bond acceptors (Lipinski definition) is 2. The van der Waals surface area contributed by atoms with Crippen molar-refractivity contribution in [3.63, 3.8) is 0 Å². The van der Waals surface area contributed by atoms with Crippen LogP contribution in [0.5, 0.6) is 0 Å². The molecule has 1 aliphatic rings. The SMILES string of the molecule is NC(=S)NC1(Br)C=CC=CN1CCc1ccccc1. The van der Waals surface area contributed by atoms with E-state index in [1.807, 2.05) is 30.5 Å². The van der Waals surface area contributed by atoms with Crippen LogP contribution < -0.4 is 11.1 Å². The highest BCUT2D eigenvalue weighted by atomic mass is 79.9.